The normalized spacial score (nSPS) is 11.9. The minimum absolute atomic E-state index is 0.0797. The van der Waals surface area contributed by atoms with E-state index in [1.807, 2.05) is 6.07 Å². The van der Waals surface area contributed by atoms with E-state index in [1.54, 1.807) is 18.2 Å². The van der Waals surface area contributed by atoms with Gasteiger partial charge < -0.3 is 20.9 Å². The molecular formula is C11H16N2O3. The second-order valence-electron chi connectivity index (χ2n) is 3.40. The number of carbonyl (C=O) groups is 1. The maximum atomic E-state index is 11.2. The van der Waals surface area contributed by atoms with Crippen molar-refractivity contribution in [3.05, 3.63) is 29.8 Å². The van der Waals surface area contributed by atoms with Gasteiger partial charge in [0, 0.05) is 18.3 Å². The molecule has 1 atom stereocenters. The number of aliphatic hydroxyl groups excluding tert-OH is 1. The minimum Gasteiger partial charge on any atom is -0.465 e. The number of rotatable bonds is 5. The van der Waals surface area contributed by atoms with Crippen LogP contribution in [0.4, 0.5) is 5.69 Å². The second kappa shape index (κ2) is 6.09. The Morgan fingerprint density at radius 2 is 2.38 bits per heavy atom. The number of carbonyl (C=O) groups excluding carboxylic acids is 1. The molecule has 4 N–H and O–H groups in total. The number of ether oxygens (including phenoxy) is 1. The van der Waals surface area contributed by atoms with Crippen molar-refractivity contribution in [1.82, 2.24) is 0 Å². The Labute approximate surface area is 94.2 Å². The number of anilines is 1. The highest BCUT2D eigenvalue weighted by molar-refractivity contribution is 5.90. The lowest BCUT2D eigenvalue weighted by atomic mass is 10.2. The molecule has 0 spiro atoms. The number of aliphatic hydroxyl groups is 1. The molecule has 0 amide bonds. The average Bonchev–Trinajstić information content (AvgIpc) is 2.35. The van der Waals surface area contributed by atoms with Gasteiger partial charge in [0.2, 0.25) is 0 Å². The zero-order chi connectivity index (χ0) is 12.0. The lowest BCUT2D eigenvalue weighted by molar-refractivity contribution is 0.0601. The van der Waals surface area contributed by atoms with E-state index < -0.39 is 0 Å². The first-order valence-corrected chi connectivity index (χ1v) is 4.96. The molecule has 0 heterocycles. The molecule has 0 saturated carbocycles. The smallest absolute Gasteiger partial charge is 0.337 e. The largest absolute Gasteiger partial charge is 0.465 e. The lowest BCUT2D eigenvalue weighted by Gasteiger charge is -2.11. The molecule has 88 valence electrons. The van der Waals surface area contributed by atoms with Crippen molar-refractivity contribution in [3.8, 4) is 0 Å². The first-order valence-electron chi connectivity index (χ1n) is 4.96. The highest BCUT2D eigenvalue weighted by atomic mass is 16.5. The Kier molecular flexibility index (Phi) is 4.75. The fourth-order valence-corrected chi connectivity index (χ4v) is 1.19. The molecule has 0 aliphatic heterocycles. The number of benzene rings is 1. The second-order valence-corrected chi connectivity index (χ2v) is 3.40. The van der Waals surface area contributed by atoms with Crippen molar-refractivity contribution < 1.29 is 14.6 Å². The van der Waals surface area contributed by atoms with Gasteiger partial charge in [-0.15, -0.1) is 0 Å². The monoisotopic (exact) mass is 224 g/mol. The van der Waals surface area contributed by atoms with Crippen molar-refractivity contribution in [1.29, 1.82) is 0 Å². The van der Waals surface area contributed by atoms with E-state index in [1.165, 1.54) is 7.11 Å². The molecular weight excluding hydrogens is 208 g/mol. The summed E-state index contributed by atoms with van der Waals surface area (Å²) >= 11 is 0. The Morgan fingerprint density at radius 1 is 1.62 bits per heavy atom. The molecule has 1 rings (SSSR count). The molecule has 1 aromatic carbocycles. The van der Waals surface area contributed by atoms with Crippen LogP contribution in [0.15, 0.2) is 24.3 Å². The number of hydrogen-bond acceptors (Lipinski definition) is 5. The number of methoxy groups -OCH3 is 1. The third kappa shape index (κ3) is 3.52. The molecule has 0 aromatic heterocycles. The molecule has 0 radical (unpaired) electrons. The SMILES string of the molecule is COC(=O)c1cccc(NCC(N)CO)c1. The van der Waals surface area contributed by atoms with E-state index in [0.29, 0.717) is 12.1 Å². The summed E-state index contributed by atoms with van der Waals surface area (Å²) in [6.07, 6.45) is 0. The highest BCUT2D eigenvalue weighted by Gasteiger charge is 2.06. The van der Waals surface area contributed by atoms with E-state index in [4.69, 9.17) is 10.8 Å². The summed E-state index contributed by atoms with van der Waals surface area (Å²) in [6, 6.07) is 6.59. The molecule has 0 aliphatic carbocycles. The van der Waals surface area contributed by atoms with Crippen molar-refractivity contribution in [2.45, 2.75) is 6.04 Å². The van der Waals surface area contributed by atoms with Crippen LogP contribution in [-0.2, 0) is 4.74 Å². The molecule has 0 aliphatic rings. The Bertz CT molecular complexity index is 355. The average molecular weight is 224 g/mol. The van der Waals surface area contributed by atoms with Crippen LogP contribution in [0.25, 0.3) is 0 Å². The van der Waals surface area contributed by atoms with E-state index in [0.717, 1.165) is 5.69 Å². The first-order chi connectivity index (χ1) is 7.67. The highest BCUT2D eigenvalue weighted by Crippen LogP contribution is 2.11. The van der Waals surface area contributed by atoms with E-state index in [2.05, 4.69) is 10.1 Å². The standard InChI is InChI=1S/C11H16N2O3/c1-16-11(15)8-3-2-4-10(5-8)13-6-9(12)7-14/h2-5,9,13-14H,6-7,12H2,1H3. The van der Waals surface area contributed by atoms with Crippen molar-refractivity contribution >= 4 is 11.7 Å². The molecule has 0 fully saturated rings. The van der Waals surface area contributed by atoms with Gasteiger partial charge in [0.25, 0.3) is 0 Å². The lowest BCUT2D eigenvalue weighted by Crippen LogP contribution is -2.32. The summed E-state index contributed by atoms with van der Waals surface area (Å²) < 4.78 is 4.61. The summed E-state index contributed by atoms with van der Waals surface area (Å²) in [5, 5.41) is 11.8. The third-order valence-corrected chi connectivity index (χ3v) is 2.09. The molecule has 5 heteroatoms. The summed E-state index contributed by atoms with van der Waals surface area (Å²) in [6.45, 7) is 0.366. The third-order valence-electron chi connectivity index (χ3n) is 2.09. The van der Waals surface area contributed by atoms with Gasteiger partial charge in [-0.25, -0.2) is 4.79 Å². The zero-order valence-corrected chi connectivity index (χ0v) is 9.14. The molecule has 1 unspecified atom stereocenters. The first kappa shape index (κ1) is 12.5. The van der Waals surface area contributed by atoms with Crippen LogP contribution in [0.1, 0.15) is 10.4 Å². The summed E-state index contributed by atoms with van der Waals surface area (Å²) in [5.74, 6) is -0.380. The molecule has 1 aromatic rings. The maximum absolute atomic E-state index is 11.2. The van der Waals surface area contributed by atoms with Crippen molar-refractivity contribution in [2.24, 2.45) is 5.73 Å². The quantitative estimate of drug-likeness (QED) is 0.622. The van der Waals surface area contributed by atoms with Gasteiger partial charge >= 0.3 is 5.97 Å². The van der Waals surface area contributed by atoms with Gasteiger partial charge in [-0.3, -0.25) is 0 Å². The van der Waals surface area contributed by atoms with Crippen LogP contribution in [0.3, 0.4) is 0 Å². The summed E-state index contributed by atoms with van der Waals surface area (Å²) in [7, 11) is 1.34. The molecule has 0 bridgehead atoms. The van der Waals surface area contributed by atoms with Crippen molar-refractivity contribution in [3.63, 3.8) is 0 Å². The topological polar surface area (TPSA) is 84.6 Å². The summed E-state index contributed by atoms with van der Waals surface area (Å²) in [4.78, 5) is 11.2. The zero-order valence-electron chi connectivity index (χ0n) is 9.14. The van der Waals surface area contributed by atoms with Crippen LogP contribution < -0.4 is 11.1 Å². The van der Waals surface area contributed by atoms with Crippen LogP contribution >= 0.6 is 0 Å². The number of nitrogens with two attached hydrogens (primary N) is 1. The van der Waals surface area contributed by atoms with Gasteiger partial charge in [0.05, 0.1) is 19.3 Å². The predicted octanol–water partition coefficient (Wildman–Crippen LogP) is 0.205. The molecule has 5 nitrogen and oxygen atoms in total. The number of nitrogens with one attached hydrogen (secondary N) is 1. The molecule has 16 heavy (non-hydrogen) atoms. The van der Waals surface area contributed by atoms with Gasteiger partial charge in [0.1, 0.15) is 0 Å². The molecule has 0 saturated heterocycles. The fourth-order valence-electron chi connectivity index (χ4n) is 1.19. The van der Waals surface area contributed by atoms with Gasteiger partial charge in [-0.1, -0.05) is 6.07 Å². The van der Waals surface area contributed by atoms with Crippen molar-refractivity contribution in [2.75, 3.05) is 25.6 Å². The van der Waals surface area contributed by atoms with Crippen LogP contribution in [0.5, 0.6) is 0 Å². The van der Waals surface area contributed by atoms with Crippen LogP contribution in [-0.4, -0.2) is 37.4 Å². The minimum atomic E-state index is -0.380. The number of hydrogen-bond donors (Lipinski definition) is 3. The van der Waals surface area contributed by atoms with Crippen LogP contribution in [0, 0.1) is 0 Å². The van der Waals surface area contributed by atoms with E-state index in [-0.39, 0.29) is 18.6 Å². The fraction of sp³-hybridized carbons (Fsp3) is 0.364. The Morgan fingerprint density at radius 3 is 3.00 bits per heavy atom. The van der Waals surface area contributed by atoms with Gasteiger partial charge in [-0.05, 0) is 18.2 Å². The van der Waals surface area contributed by atoms with E-state index in [9.17, 15) is 4.79 Å². The Balaban J connectivity index is 2.64. The van der Waals surface area contributed by atoms with Gasteiger partial charge in [-0.2, -0.15) is 0 Å². The Hall–Kier alpha value is -1.59. The maximum Gasteiger partial charge on any atom is 0.337 e. The summed E-state index contributed by atoms with van der Waals surface area (Å²) in [5.41, 5.74) is 6.79. The predicted molar refractivity (Wildman–Crippen MR) is 61.3 cm³/mol. The van der Waals surface area contributed by atoms with E-state index >= 15 is 0 Å². The number of esters is 1. The van der Waals surface area contributed by atoms with Crippen LogP contribution in [0.2, 0.25) is 0 Å². The van der Waals surface area contributed by atoms with Gasteiger partial charge in [0.15, 0.2) is 0 Å².